The summed E-state index contributed by atoms with van der Waals surface area (Å²) in [5.41, 5.74) is 1.14. The summed E-state index contributed by atoms with van der Waals surface area (Å²) in [5, 5.41) is 9.09. The van der Waals surface area contributed by atoms with Gasteiger partial charge in [-0.3, -0.25) is 4.90 Å². The molecule has 0 spiro atoms. The Morgan fingerprint density at radius 2 is 2.42 bits per heavy atom. The first-order valence-electron chi connectivity index (χ1n) is 4.06. The highest BCUT2D eigenvalue weighted by molar-refractivity contribution is 5.04. The molecule has 0 fully saturated rings. The van der Waals surface area contributed by atoms with E-state index in [4.69, 9.17) is 9.52 Å². The molecule has 1 rings (SSSR count). The summed E-state index contributed by atoms with van der Waals surface area (Å²) in [5.74, 6) is 0. The van der Waals surface area contributed by atoms with E-state index in [9.17, 15) is 0 Å². The lowest BCUT2D eigenvalue weighted by atomic mass is 10.3. The molecule has 0 aliphatic heterocycles. The summed E-state index contributed by atoms with van der Waals surface area (Å²) in [6, 6.07) is 1.93. The van der Waals surface area contributed by atoms with Gasteiger partial charge in [0.05, 0.1) is 18.6 Å². The van der Waals surface area contributed by atoms with Crippen LogP contribution >= 0.6 is 0 Å². The van der Waals surface area contributed by atoms with Crippen molar-refractivity contribution in [3.05, 3.63) is 24.2 Å². The molecule has 12 heavy (non-hydrogen) atoms. The Morgan fingerprint density at radius 3 is 2.92 bits per heavy atom. The number of aliphatic hydroxyl groups is 1. The second kappa shape index (κ2) is 4.28. The number of aliphatic hydroxyl groups excluding tert-OH is 1. The van der Waals surface area contributed by atoms with Gasteiger partial charge in [-0.05, 0) is 20.0 Å². The van der Waals surface area contributed by atoms with E-state index in [0.717, 1.165) is 12.1 Å². The van der Waals surface area contributed by atoms with Crippen LogP contribution in [0.15, 0.2) is 23.0 Å². The lowest BCUT2D eigenvalue weighted by molar-refractivity contribution is 0.138. The van der Waals surface area contributed by atoms with E-state index in [0.29, 0.717) is 6.54 Å². The van der Waals surface area contributed by atoms with E-state index >= 15 is 0 Å². The van der Waals surface area contributed by atoms with Crippen LogP contribution < -0.4 is 0 Å². The molecule has 3 heteroatoms. The lowest BCUT2D eigenvalue weighted by Crippen LogP contribution is -2.26. The zero-order valence-corrected chi connectivity index (χ0v) is 7.53. The van der Waals surface area contributed by atoms with Gasteiger partial charge in [-0.25, -0.2) is 0 Å². The third-order valence-electron chi connectivity index (χ3n) is 1.61. The third kappa shape index (κ3) is 3.07. The number of hydrogen-bond acceptors (Lipinski definition) is 3. The van der Waals surface area contributed by atoms with E-state index in [1.165, 1.54) is 0 Å². The Morgan fingerprint density at radius 1 is 1.67 bits per heavy atom. The summed E-state index contributed by atoms with van der Waals surface area (Å²) in [7, 11) is 1.97. The van der Waals surface area contributed by atoms with Crippen LogP contribution in [-0.4, -0.2) is 29.7 Å². The molecule has 1 N–H and O–H groups in total. The second-order valence-corrected chi connectivity index (χ2v) is 3.18. The van der Waals surface area contributed by atoms with Gasteiger partial charge in [0.1, 0.15) is 0 Å². The maximum Gasteiger partial charge on any atom is 0.0947 e. The first kappa shape index (κ1) is 9.29. The van der Waals surface area contributed by atoms with Crippen LogP contribution in [0.25, 0.3) is 0 Å². The quantitative estimate of drug-likeness (QED) is 0.733. The van der Waals surface area contributed by atoms with E-state index < -0.39 is 0 Å². The highest BCUT2D eigenvalue weighted by Crippen LogP contribution is 2.03. The zero-order valence-electron chi connectivity index (χ0n) is 7.53. The van der Waals surface area contributed by atoms with Gasteiger partial charge in [-0.1, -0.05) is 0 Å². The predicted molar refractivity (Wildman–Crippen MR) is 46.7 cm³/mol. The molecule has 1 heterocycles. The highest BCUT2D eigenvalue weighted by Gasteiger charge is 2.03. The highest BCUT2D eigenvalue weighted by atomic mass is 16.3. The molecular weight excluding hydrogens is 154 g/mol. The lowest BCUT2D eigenvalue weighted by Gasteiger charge is -2.16. The molecular formula is C9H15NO2. The van der Waals surface area contributed by atoms with Gasteiger partial charge in [0.25, 0.3) is 0 Å². The van der Waals surface area contributed by atoms with Crippen molar-refractivity contribution < 1.29 is 9.52 Å². The minimum atomic E-state index is -0.276. The average Bonchev–Trinajstić information content (AvgIpc) is 2.37. The molecule has 68 valence electrons. The van der Waals surface area contributed by atoms with Crippen molar-refractivity contribution in [1.82, 2.24) is 4.90 Å². The van der Waals surface area contributed by atoms with Gasteiger partial charge in [0.15, 0.2) is 0 Å². The fourth-order valence-corrected chi connectivity index (χ4v) is 1.21. The molecule has 1 aromatic heterocycles. The summed E-state index contributed by atoms with van der Waals surface area (Å²) in [6.07, 6.45) is 3.10. The van der Waals surface area contributed by atoms with Crippen molar-refractivity contribution in [3.63, 3.8) is 0 Å². The molecule has 1 aromatic rings. The Kier molecular flexibility index (Phi) is 3.31. The van der Waals surface area contributed by atoms with E-state index in [2.05, 4.69) is 4.90 Å². The monoisotopic (exact) mass is 169 g/mol. The van der Waals surface area contributed by atoms with Crippen LogP contribution in [0.5, 0.6) is 0 Å². The molecule has 1 atom stereocenters. The first-order chi connectivity index (χ1) is 5.68. The molecule has 0 unspecified atom stereocenters. The van der Waals surface area contributed by atoms with Crippen LogP contribution in [0.1, 0.15) is 12.5 Å². The van der Waals surface area contributed by atoms with Crippen molar-refractivity contribution in [1.29, 1.82) is 0 Å². The average molecular weight is 169 g/mol. The predicted octanol–water partition coefficient (Wildman–Crippen LogP) is 1.09. The van der Waals surface area contributed by atoms with Crippen LogP contribution in [-0.2, 0) is 6.54 Å². The van der Waals surface area contributed by atoms with Crippen molar-refractivity contribution in [2.24, 2.45) is 0 Å². The fourth-order valence-electron chi connectivity index (χ4n) is 1.21. The van der Waals surface area contributed by atoms with Gasteiger partial charge < -0.3 is 9.52 Å². The SMILES string of the molecule is C[C@H](O)CN(C)Cc1ccoc1. The zero-order chi connectivity index (χ0) is 8.97. The minimum Gasteiger partial charge on any atom is -0.472 e. The molecule has 0 aromatic carbocycles. The first-order valence-corrected chi connectivity index (χ1v) is 4.06. The number of rotatable bonds is 4. The Balaban J connectivity index is 2.32. The molecule has 0 bridgehead atoms. The third-order valence-corrected chi connectivity index (χ3v) is 1.61. The van der Waals surface area contributed by atoms with E-state index in [1.807, 2.05) is 13.1 Å². The van der Waals surface area contributed by atoms with Crippen LogP contribution in [0.2, 0.25) is 0 Å². The van der Waals surface area contributed by atoms with Gasteiger partial charge in [-0.2, -0.15) is 0 Å². The van der Waals surface area contributed by atoms with Crippen molar-refractivity contribution >= 4 is 0 Å². The number of likely N-dealkylation sites (N-methyl/N-ethyl adjacent to an activating group) is 1. The molecule has 0 aliphatic carbocycles. The topological polar surface area (TPSA) is 36.6 Å². The largest absolute Gasteiger partial charge is 0.472 e. The normalized spacial score (nSPS) is 13.7. The molecule has 0 radical (unpaired) electrons. The van der Waals surface area contributed by atoms with Crippen LogP contribution in [0.4, 0.5) is 0 Å². The van der Waals surface area contributed by atoms with Gasteiger partial charge in [0, 0.05) is 18.7 Å². The maximum atomic E-state index is 9.09. The molecule has 0 amide bonds. The number of furan rings is 1. The van der Waals surface area contributed by atoms with Crippen molar-refractivity contribution in [2.45, 2.75) is 19.6 Å². The van der Waals surface area contributed by atoms with Crippen molar-refractivity contribution in [3.8, 4) is 0 Å². The smallest absolute Gasteiger partial charge is 0.0947 e. The fraction of sp³-hybridized carbons (Fsp3) is 0.556. The molecule has 0 saturated heterocycles. The molecule has 0 saturated carbocycles. The maximum absolute atomic E-state index is 9.09. The second-order valence-electron chi connectivity index (χ2n) is 3.18. The van der Waals surface area contributed by atoms with Gasteiger partial charge in [0.2, 0.25) is 0 Å². The Labute approximate surface area is 72.6 Å². The standard InChI is InChI=1S/C9H15NO2/c1-8(11)5-10(2)6-9-3-4-12-7-9/h3-4,7-8,11H,5-6H2,1-2H3/t8-/m0/s1. The number of nitrogens with zero attached hydrogens (tertiary/aromatic N) is 1. The van der Waals surface area contributed by atoms with Crippen LogP contribution in [0, 0.1) is 0 Å². The molecule has 0 aliphatic rings. The summed E-state index contributed by atoms with van der Waals surface area (Å²) in [4.78, 5) is 2.05. The van der Waals surface area contributed by atoms with Crippen LogP contribution in [0.3, 0.4) is 0 Å². The Bertz CT molecular complexity index is 206. The number of hydrogen-bond donors (Lipinski definition) is 1. The van der Waals surface area contributed by atoms with E-state index in [1.54, 1.807) is 19.5 Å². The van der Waals surface area contributed by atoms with Gasteiger partial charge >= 0.3 is 0 Å². The van der Waals surface area contributed by atoms with E-state index in [-0.39, 0.29) is 6.10 Å². The molecule has 3 nitrogen and oxygen atoms in total. The summed E-state index contributed by atoms with van der Waals surface area (Å²) in [6.45, 7) is 3.29. The summed E-state index contributed by atoms with van der Waals surface area (Å²) < 4.78 is 4.93. The minimum absolute atomic E-state index is 0.276. The Hall–Kier alpha value is -0.800. The van der Waals surface area contributed by atoms with Gasteiger partial charge in [-0.15, -0.1) is 0 Å². The summed E-state index contributed by atoms with van der Waals surface area (Å²) >= 11 is 0. The van der Waals surface area contributed by atoms with Crippen molar-refractivity contribution in [2.75, 3.05) is 13.6 Å².